The molecule has 0 spiro atoms. The van der Waals surface area contributed by atoms with Crippen LogP contribution in [0.1, 0.15) is 45.2 Å². The van der Waals surface area contributed by atoms with Crippen molar-refractivity contribution >= 4 is 12.0 Å². The molecule has 0 bridgehead atoms. The Bertz CT molecular complexity index is 783. The maximum atomic E-state index is 12.1. The van der Waals surface area contributed by atoms with Crippen LogP contribution in [0.15, 0.2) is 48.5 Å². The molecule has 0 heterocycles. The Morgan fingerprint density at radius 3 is 2.33 bits per heavy atom. The van der Waals surface area contributed by atoms with Gasteiger partial charge in [-0.05, 0) is 53.3 Å². The highest BCUT2D eigenvalue weighted by Gasteiger charge is 2.13. The van der Waals surface area contributed by atoms with Gasteiger partial charge < -0.3 is 14.2 Å². The van der Waals surface area contributed by atoms with Gasteiger partial charge in [0.2, 0.25) is 0 Å². The van der Waals surface area contributed by atoms with Gasteiger partial charge in [0.15, 0.2) is 11.5 Å². The number of hydrogen-bond acceptors (Lipinski definition) is 4. The van der Waals surface area contributed by atoms with Crippen molar-refractivity contribution in [1.29, 1.82) is 0 Å². The van der Waals surface area contributed by atoms with E-state index < -0.39 is 5.97 Å². The minimum absolute atomic E-state index is 0.0640. The minimum atomic E-state index is -0.427. The molecule has 4 nitrogen and oxygen atoms in total. The van der Waals surface area contributed by atoms with E-state index >= 15 is 0 Å². The van der Waals surface area contributed by atoms with E-state index in [1.165, 1.54) is 11.6 Å². The van der Waals surface area contributed by atoms with E-state index in [1.54, 1.807) is 13.2 Å². The molecule has 0 radical (unpaired) electrons. The van der Waals surface area contributed by atoms with E-state index in [0.717, 1.165) is 12.0 Å². The molecule has 0 atom stereocenters. The Morgan fingerprint density at radius 2 is 1.74 bits per heavy atom. The predicted octanol–water partition coefficient (Wildman–Crippen LogP) is 5.40. The Morgan fingerprint density at radius 1 is 1.04 bits per heavy atom. The average molecular weight is 368 g/mol. The van der Waals surface area contributed by atoms with Crippen LogP contribution in [0.5, 0.6) is 17.2 Å². The molecule has 0 unspecified atom stereocenters. The lowest BCUT2D eigenvalue weighted by molar-refractivity contribution is -0.128. The van der Waals surface area contributed by atoms with Crippen LogP contribution >= 0.6 is 0 Å². The first-order valence-electron chi connectivity index (χ1n) is 9.14. The van der Waals surface area contributed by atoms with Crippen LogP contribution in [0.25, 0.3) is 6.08 Å². The molecule has 0 aromatic heterocycles. The number of methoxy groups -OCH3 is 1. The fourth-order valence-corrected chi connectivity index (χ4v) is 2.46. The van der Waals surface area contributed by atoms with Gasteiger partial charge in [-0.3, -0.25) is 0 Å². The van der Waals surface area contributed by atoms with Crippen LogP contribution in [0.3, 0.4) is 0 Å². The minimum Gasteiger partial charge on any atom is -0.493 e. The first-order chi connectivity index (χ1) is 12.8. The van der Waals surface area contributed by atoms with Gasteiger partial charge in [-0.2, -0.15) is 0 Å². The topological polar surface area (TPSA) is 44.8 Å². The van der Waals surface area contributed by atoms with Crippen LogP contribution in [0.2, 0.25) is 0 Å². The molecule has 0 saturated heterocycles. The monoisotopic (exact) mass is 368 g/mol. The molecule has 0 aliphatic heterocycles. The van der Waals surface area contributed by atoms with E-state index in [4.69, 9.17) is 14.2 Å². The first-order valence-corrected chi connectivity index (χ1v) is 9.14. The maximum Gasteiger partial charge on any atom is 0.336 e. The summed E-state index contributed by atoms with van der Waals surface area (Å²) in [7, 11) is 1.59. The zero-order chi connectivity index (χ0) is 19.9. The molecule has 144 valence electrons. The predicted molar refractivity (Wildman–Crippen MR) is 109 cm³/mol. The molecule has 2 aromatic carbocycles. The Kier molecular flexibility index (Phi) is 7.05. The van der Waals surface area contributed by atoms with E-state index in [9.17, 15) is 4.79 Å². The fourth-order valence-electron chi connectivity index (χ4n) is 2.46. The molecule has 0 N–H and O–H groups in total. The van der Waals surface area contributed by atoms with Gasteiger partial charge in [0.05, 0.1) is 13.7 Å². The van der Waals surface area contributed by atoms with Gasteiger partial charge in [0.25, 0.3) is 0 Å². The number of esters is 1. The van der Waals surface area contributed by atoms with Gasteiger partial charge >= 0.3 is 5.97 Å². The zero-order valence-electron chi connectivity index (χ0n) is 16.7. The number of carbonyl (C=O) groups excluding carboxylic acids is 1. The third-order valence-electron chi connectivity index (χ3n) is 4.00. The summed E-state index contributed by atoms with van der Waals surface area (Å²) in [5, 5.41) is 0. The molecular formula is C23H28O4. The molecule has 2 aromatic rings. The fraction of sp³-hybridized carbons (Fsp3) is 0.348. The average Bonchev–Trinajstić information content (AvgIpc) is 2.64. The van der Waals surface area contributed by atoms with Crippen molar-refractivity contribution in [3.63, 3.8) is 0 Å². The van der Waals surface area contributed by atoms with Crippen LogP contribution in [0, 0.1) is 0 Å². The summed E-state index contributed by atoms with van der Waals surface area (Å²) in [6.07, 6.45) is 4.02. The normalized spacial score (nSPS) is 11.4. The summed E-state index contributed by atoms with van der Waals surface area (Å²) >= 11 is 0. The van der Waals surface area contributed by atoms with Crippen LogP contribution in [0.4, 0.5) is 0 Å². The standard InChI is InChI=1S/C23H28O4/c1-6-15-26-20-13-7-17(16-21(20)25-5)8-14-22(24)27-19-11-9-18(10-12-19)23(2,3)4/h7-14,16H,6,15H2,1-5H3/b14-8+. The van der Waals surface area contributed by atoms with Crippen LogP contribution < -0.4 is 14.2 Å². The number of benzene rings is 2. The third kappa shape index (κ3) is 6.17. The summed E-state index contributed by atoms with van der Waals surface area (Å²) in [6, 6.07) is 13.1. The Balaban J connectivity index is 2.01. The highest BCUT2D eigenvalue weighted by atomic mass is 16.5. The van der Waals surface area contributed by atoms with Crippen molar-refractivity contribution in [2.45, 2.75) is 39.5 Å². The molecule has 0 amide bonds. The molecule has 4 heteroatoms. The number of hydrogen-bond donors (Lipinski definition) is 0. The van der Waals surface area contributed by atoms with Gasteiger partial charge in [-0.25, -0.2) is 4.79 Å². The number of ether oxygens (including phenoxy) is 3. The SMILES string of the molecule is CCCOc1ccc(/C=C/C(=O)Oc2ccc(C(C)(C)C)cc2)cc1OC. The summed E-state index contributed by atoms with van der Waals surface area (Å²) in [6.45, 7) is 9.11. The second-order valence-electron chi connectivity index (χ2n) is 7.29. The molecule has 0 fully saturated rings. The van der Waals surface area contributed by atoms with Crippen LogP contribution in [-0.4, -0.2) is 19.7 Å². The second kappa shape index (κ2) is 9.26. The lowest BCUT2D eigenvalue weighted by Gasteiger charge is -2.18. The highest BCUT2D eigenvalue weighted by Crippen LogP contribution is 2.29. The van der Waals surface area contributed by atoms with Crippen molar-refractivity contribution in [1.82, 2.24) is 0 Å². The van der Waals surface area contributed by atoms with Crippen molar-refractivity contribution in [2.24, 2.45) is 0 Å². The summed E-state index contributed by atoms with van der Waals surface area (Å²) in [5.41, 5.74) is 2.08. The molecular weight excluding hydrogens is 340 g/mol. The summed E-state index contributed by atoms with van der Waals surface area (Å²) < 4.78 is 16.3. The van der Waals surface area contributed by atoms with Crippen LogP contribution in [-0.2, 0) is 10.2 Å². The van der Waals surface area contributed by atoms with E-state index in [0.29, 0.717) is 23.9 Å². The molecule has 0 saturated carbocycles. The van der Waals surface area contributed by atoms with Gasteiger partial charge in [-0.15, -0.1) is 0 Å². The maximum absolute atomic E-state index is 12.1. The summed E-state index contributed by atoms with van der Waals surface area (Å²) in [5.74, 6) is 1.43. The largest absolute Gasteiger partial charge is 0.493 e. The quantitative estimate of drug-likeness (QED) is 0.373. The number of carbonyl (C=O) groups is 1. The summed E-state index contributed by atoms with van der Waals surface area (Å²) in [4.78, 5) is 12.1. The Hall–Kier alpha value is -2.75. The smallest absolute Gasteiger partial charge is 0.336 e. The highest BCUT2D eigenvalue weighted by molar-refractivity contribution is 5.88. The van der Waals surface area contributed by atoms with Gasteiger partial charge in [0.1, 0.15) is 5.75 Å². The van der Waals surface area contributed by atoms with E-state index in [-0.39, 0.29) is 5.41 Å². The lowest BCUT2D eigenvalue weighted by atomic mass is 9.87. The van der Waals surface area contributed by atoms with E-state index in [1.807, 2.05) is 49.4 Å². The molecule has 27 heavy (non-hydrogen) atoms. The molecule has 0 aliphatic rings. The third-order valence-corrected chi connectivity index (χ3v) is 4.00. The zero-order valence-corrected chi connectivity index (χ0v) is 16.7. The number of rotatable bonds is 7. The first kappa shape index (κ1) is 20.6. The van der Waals surface area contributed by atoms with Crippen molar-refractivity contribution in [3.8, 4) is 17.2 Å². The lowest BCUT2D eigenvalue weighted by Crippen LogP contribution is -2.11. The van der Waals surface area contributed by atoms with Gasteiger partial charge in [0, 0.05) is 6.08 Å². The molecule has 0 aliphatic carbocycles. The second-order valence-corrected chi connectivity index (χ2v) is 7.29. The van der Waals surface area contributed by atoms with Crippen molar-refractivity contribution < 1.29 is 19.0 Å². The van der Waals surface area contributed by atoms with Crippen molar-refractivity contribution in [3.05, 3.63) is 59.7 Å². The van der Waals surface area contributed by atoms with Gasteiger partial charge in [-0.1, -0.05) is 45.9 Å². The van der Waals surface area contributed by atoms with Crippen molar-refractivity contribution in [2.75, 3.05) is 13.7 Å². The molecule has 2 rings (SSSR count). The Labute approximate surface area is 161 Å². The van der Waals surface area contributed by atoms with E-state index in [2.05, 4.69) is 20.8 Å².